The third-order valence-corrected chi connectivity index (χ3v) is 8.51. The average molecular weight is 527 g/mol. The fourth-order valence-electron chi connectivity index (χ4n) is 4.45. The van der Waals surface area contributed by atoms with Gasteiger partial charge >= 0.3 is 5.97 Å². The van der Waals surface area contributed by atoms with Crippen LogP contribution in [0.15, 0.2) is 18.2 Å². The first-order chi connectivity index (χ1) is 16.0. The molecule has 0 spiro atoms. The molecule has 0 bridgehead atoms. The number of carbonyl (C=O) groups is 1. The summed E-state index contributed by atoms with van der Waals surface area (Å²) in [5.74, 6) is -0.245. The van der Waals surface area contributed by atoms with E-state index in [2.05, 4.69) is 15.1 Å². The Morgan fingerprint density at radius 3 is 2.52 bits per heavy atom. The number of anilines is 2. The van der Waals surface area contributed by atoms with Gasteiger partial charge in [-0.15, -0.1) is 11.3 Å². The summed E-state index contributed by atoms with van der Waals surface area (Å²) in [4.78, 5) is 18.6. The maximum absolute atomic E-state index is 12.9. The summed E-state index contributed by atoms with van der Waals surface area (Å²) in [5, 5.41) is 6.02. The molecule has 1 fully saturated rings. The van der Waals surface area contributed by atoms with Gasteiger partial charge in [-0.1, -0.05) is 36.0 Å². The largest absolute Gasteiger partial charge is 0.462 e. The van der Waals surface area contributed by atoms with E-state index in [-0.39, 0.29) is 5.97 Å². The van der Waals surface area contributed by atoms with Crippen molar-refractivity contribution < 1.29 is 9.53 Å². The van der Waals surface area contributed by atoms with Crippen LogP contribution in [0.4, 0.5) is 10.7 Å². The van der Waals surface area contributed by atoms with E-state index in [1.807, 2.05) is 25.1 Å². The minimum Gasteiger partial charge on any atom is -0.462 e. The van der Waals surface area contributed by atoms with Crippen molar-refractivity contribution in [2.45, 2.75) is 45.4 Å². The second-order valence-electron chi connectivity index (χ2n) is 8.35. The third kappa shape index (κ3) is 5.76. The van der Waals surface area contributed by atoms with E-state index in [0.717, 1.165) is 68.1 Å². The molecule has 0 radical (unpaired) electrons. The lowest BCUT2D eigenvalue weighted by Crippen LogP contribution is -2.50. The maximum Gasteiger partial charge on any atom is 0.341 e. The molecule has 4 rings (SSSR count). The smallest absolute Gasteiger partial charge is 0.341 e. The monoisotopic (exact) mass is 525 g/mol. The molecule has 1 aliphatic carbocycles. The Hall–Kier alpha value is -1.54. The Morgan fingerprint density at radius 1 is 1.09 bits per heavy atom. The van der Waals surface area contributed by atoms with Crippen molar-refractivity contribution in [1.29, 1.82) is 0 Å². The number of esters is 1. The normalized spacial score (nSPS) is 16.6. The van der Waals surface area contributed by atoms with Crippen LogP contribution in [0.25, 0.3) is 0 Å². The zero-order chi connectivity index (χ0) is 23.4. The van der Waals surface area contributed by atoms with Crippen LogP contribution >= 0.6 is 46.8 Å². The lowest BCUT2D eigenvalue weighted by molar-refractivity contribution is 0.0526. The highest BCUT2D eigenvalue weighted by molar-refractivity contribution is 7.80. The minimum absolute atomic E-state index is 0.245. The van der Waals surface area contributed by atoms with Crippen LogP contribution in [0, 0.1) is 0 Å². The molecule has 9 heteroatoms. The fourth-order valence-corrected chi connectivity index (χ4v) is 6.37. The van der Waals surface area contributed by atoms with Gasteiger partial charge in [0.25, 0.3) is 0 Å². The number of fused-ring (bicyclic) bond motifs is 1. The van der Waals surface area contributed by atoms with E-state index in [1.165, 1.54) is 17.7 Å². The number of aryl methyl sites for hydroxylation is 1. The number of nitrogens with one attached hydrogen (secondary N) is 1. The van der Waals surface area contributed by atoms with Crippen LogP contribution in [0.2, 0.25) is 10.0 Å². The number of hydrogen-bond acceptors (Lipinski definition) is 5. The van der Waals surface area contributed by atoms with Crippen molar-refractivity contribution in [3.63, 3.8) is 0 Å². The average Bonchev–Trinajstić information content (AvgIpc) is 3.11. The van der Waals surface area contributed by atoms with Crippen LogP contribution in [-0.2, 0) is 17.6 Å². The predicted octanol–water partition coefficient (Wildman–Crippen LogP) is 6.41. The number of benzene rings is 1. The molecule has 1 aromatic carbocycles. The standard InChI is InChI=1S/C24H29Cl2N3O2S2/c1-2-31-23(30)21-17-7-5-3-4-6-8-20(17)33-22(21)27-24(32)29-13-11-28(12-14-29)16-9-10-18(25)19(26)15-16/h9-10,15H,2-8,11-14H2,1H3,(H,27,32). The summed E-state index contributed by atoms with van der Waals surface area (Å²) < 4.78 is 5.42. The predicted molar refractivity (Wildman–Crippen MR) is 143 cm³/mol. The number of halogens is 2. The Kier molecular flexibility index (Phi) is 8.38. The highest BCUT2D eigenvalue weighted by Gasteiger charge is 2.27. The van der Waals surface area contributed by atoms with Crippen LogP contribution in [0.1, 0.15) is 53.4 Å². The quantitative estimate of drug-likeness (QED) is 0.367. The minimum atomic E-state index is -0.245. The number of thiocarbonyl (C=S) groups is 1. The van der Waals surface area contributed by atoms with Crippen molar-refractivity contribution in [1.82, 2.24) is 4.90 Å². The van der Waals surface area contributed by atoms with E-state index in [1.54, 1.807) is 11.3 Å². The second-order valence-corrected chi connectivity index (χ2v) is 10.7. The summed E-state index contributed by atoms with van der Waals surface area (Å²) in [6.45, 7) is 5.43. The highest BCUT2D eigenvalue weighted by atomic mass is 35.5. The molecule has 2 heterocycles. The Labute approximate surface area is 215 Å². The van der Waals surface area contributed by atoms with E-state index < -0.39 is 0 Å². The van der Waals surface area contributed by atoms with Gasteiger partial charge in [0, 0.05) is 36.7 Å². The van der Waals surface area contributed by atoms with Crippen molar-refractivity contribution in [3.8, 4) is 0 Å². The number of nitrogens with zero attached hydrogens (tertiary/aromatic N) is 2. The Balaban J connectivity index is 1.46. The molecule has 1 N–H and O–H groups in total. The van der Waals surface area contributed by atoms with Gasteiger partial charge in [-0.3, -0.25) is 0 Å². The molecule has 5 nitrogen and oxygen atoms in total. The van der Waals surface area contributed by atoms with E-state index in [4.69, 9.17) is 40.2 Å². The summed E-state index contributed by atoms with van der Waals surface area (Å²) in [5.41, 5.74) is 2.91. The lowest BCUT2D eigenvalue weighted by Gasteiger charge is -2.37. The molecule has 0 amide bonds. The molecule has 1 saturated heterocycles. The summed E-state index contributed by atoms with van der Waals surface area (Å²) >= 11 is 19.7. The summed E-state index contributed by atoms with van der Waals surface area (Å²) in [6, 6.07) is 5.73. The molecule has 1 aliphatic heterocycles. The lowest BCUT2D eigenvalue weighted by atomic mass is 9.96. The Bertz CT molecular complexity index is 1020. The van der Waals surface area contributed by atoms with Gasteiger partial charge in [-0.2, -0.15) is 0 Å². The first-order valence-corrected chi connectivity index (χ1v) is 13.5. The van der Waals surface area contributed by atoms with Crippen molar-refractivity contribution in [3.05, 3.63) is 44.2 Å². The van der Waals surface area contributed by atoms with Gasteiger partial charge in [0.2, 0.25) is 0 Å². The molecule has 0 atom stereocenters. The molecule has 2 aromatic rings. The highest BCUT2D eigenvalue weighted by Crippen LogP contribution is 2.38. The third-order valence-electron chi connectivity index (χ3n) is 6.21. The van der Waals surface area contributed by atoms with Gasteiger partial charge in [-0.05, 0) is 68.6 Å². The second kappa shape index (κ2) is 11.3. The van der Waals surface area contributed by atoms with Gasteiger partial charge in [0.1, 0.15) is 5.00 Å². The number of hydrogen-bond donors (Lipinski definition) is 1. The fraction of sp³-hybridized carbons (Fsp3) is 0.500. The maximum atomic E-state index is 12.9. The van der Waals surface area contributed by atoms with Crippen LogP contribution in [0.3, 0.4) is 0 Å². The van der Waals surface area contributed by atoms with Crippen molar-refractivity contribution in [2.24, 2.45) is 0 Å². The molecule has 33 heavy (non-hydrogen) atoms. The molecule has 178 valence electrons. The number of thiophene rings is 1. The first kappa shape index (κ1) is 24.6. The molecule has 0 unspecified atom stereocenters. The number of piperazine rings is 1. The molecule has 0 saturated carbocycles. The molecular weight excluding hydrogens is 497 g/mol. The number of ether oxygens (including phenoxy) is 1. The van der Waals surface area contributed by atoms with Gasteiger partial charge in [0.05, 0.1) is 22.2 Å². The van der Waals surface area contributed by atoms with E-state index >= 15 is 0 Å². The molecule has 2 aliphatic rings. The zero-order valence-corrected chi connectivity index (χ0v) is 21.9. The number of rotatable bonds is 4. The van der Waals surface area contributed by atoms with Gasteiger partial charge in [-0.25, -0.2) is 4.79 Å². The van der Waals surface area contributed by atoms with E-state index in [9.17, 15) is 4.79 Å². The van der Waals surface area contributed by atoms with Crippen LogP contribution < -0.4 is 10.2 Å². The SMILES string of the molecule is CCOC(=O)c1c(NC(=S)N2CCN(c3ccc(Cl)c(Cl)c3)CC2)sc2c1CCCCCC2. The molecule has 1 aromatic heterocycles. The van der Waals surface area contributed by atoms with E-state index in [0.29, 0.717) is 27.3 Å². The molecular formula is C24H29Cl2N3O2S2. The summed E-state index contributed by atoms with van der Waals surface area (Å²) in [7, 11) is 0. The van der Waals surface area contributed by atoms with Gasteiger partial charge in [0.15, 0.2) is 5.11 Å². The Morgan fingerprint density at radius 2 is 1.82 bits per heavy atom. The van der Waals surface area contributed by atoms with Gasteiger partial charge < -0.3 is 19.9 Å². The number of carbonyl (C=O) groups excluding carboxylic acids is 1. The topological polar surface area (TPSA) is 44.8 Å². The zero-order valence-electron chi connectivity index (χ0n) is 18.8. The van der Waals surface area contributed by atoms with Crippen molar-refractivity contribution >= 4 is 68.5 Å². The van der Waals surface area contributed by atoms with Crippen LogP contribution in [0.5, 0.6) is 0 Å². The van der Waals surface area contributed by atoms with Crippen LogP contribution in [-0.4, -0.2) is 48.8 Å². The summed E-state index contributed by atoms with van der Waals surface area (Å²) in [6.07, 6.45) is 6.67. The first-order valence-electron chi connectivity index (χ1n) is 11.6. The van der Waals surface area contributed by atoms with Crippen molar-refractivity contribution in [2.75, 3.05) is 43.0 Å².